The Kier molecular flexibility index (Phi) is 4.59. The lowest BCUT2D eigenvalue weighted by Gasteiger charge is -2.22. The van der Waals surface area contributed by atoms with E-state index in [1.54, 1.807) is 6.08 Å². The van der Waals surface area contributed by atoms with Gasteiger partial charge in [0.1, 0.15) is 6.04 Å². The highest BCUT2D eigenvalue weighted by Gasteiger charge is 2.36. The molecule has 2 heterocycles. The summed E-state index contributed by atoms with van der Waals surface area (Å²) in [6.07, 6.45) is 3.00. The SMILES string of the molecule is C=Cc1ccc(CN2C(=O)CCC2c2nc(-c3ccc(C)cc3)no2)cc1. The van der Waals surface area contributed by atoms with Crippen LogP contribution < -0.4 is 0 Å². The Hall–Kier alpha value is -3.21. The Balaban J connectivity index is 1.55. The average Bonchev–Trinajstić information content (AvgIpc) is 3.31. The minimum atomic E-state index is -0.178. The molecule has 1 amide bonds. The van der Waals surface area contributed by atoms with Gasteiger partial charge in [0.2, 0.25) is 17.6 Å². The molecular weight excluding hydrogens is 338 g/mol. The molecule has 4 rings (SSSR count). The van der Waals surface area contributed by atoms with Gasteiger partial charge in [-0.15, -0.1) is 0 Å². The summed E-state index contributed by atoms with van der Waals surface area (Å²) in [5.41, 5.74) is 4.21. The van der Waals surface area contributed by atoms with E-state index in [2.05, 4.69) is 16.7 Å². The van der Waals surface area contributed by atoms with Gasteiger partial charge < -0.3 is 9.42 Å². The standard InChI is InChI=1S/C22H21N3O2/c1-3-16-6-8-17(9-7-16)14-25-19(12-13-20(25)26)22-23-21(24-27-22)18-10-4-15(2)5-11-18/h3-11,19H,1,12-14H2,2H3. The molecule has 1 fully saturated rings. The third kappa shape index (κ3) is 3.53. The smallest absolute Gasteiger partial charge is 0.249 e. The fraction of sp³-hybridized carbons (Fsp3) is 0.227. The lowest BCUT2D eigenvalue weighted by molar-refractivity contribution is -0.129. The molecule has 1 aliphatic rings. The summed E-state index contributed by atoms with van der Waals surface area (Å²) in [7, 11) is 0. The number of amides is 1. The van der Waals surface area contributed by atoms with E-state index in [0.29, 0.717) is 31.1 Å². The Morgan fingerprint density at radius 2 is 1.93 bits per heavy atom. The number of nitrogens with zero attached hydrogens (tertiary/aromatic N) is 3. The molecule has 1 atom stereocenters. The molecule has 1 unspecified atom stereocenters. The summed E-state index contributed by atoms with van der Waals surface area (Å²) in [6, 6.07) is 15.8. The van der Waals surface area contributed by atoms with Crippen molar-refractivity contribution in [1.29, 1.82) is 0 Å². The van der Waals surface area contributed by atoms with E-state index >= 15 is 0 Å². The third-order valence-electron chi connectivity index (χ3n) is 4.93. The number of hydrogen-bond donors (Lipinski definition) is 0. The van der Waals surface area contributed by atoms with Crippen molar-refractivity contribution in [2.75, 3.05) is 0 Å². The normalized spacial score (nSPS) is 16.7. The van der Waals surface area contributed by atoms with E-state index < -0.39 is 0 Å². The van der Waals surface area contributed by atoms with Gasteiger partial charge in [-0.25, -0.2) is 0 Å². The van der Waals surface area contributed by atoms with Crippen LogP contribution in [0.25, 0.3) is 17.5 Å². The molecule has 1 aliphatic heterocycles. The molecular formula is C22H21N3O2. The maximum Gasteiger partial charge on any atom is 0.249 e. The highest BCUT2D eigenvalue weighted by atomic mass is 16.5. The van der Waals surface area contributed by atoms with E-state index in [4.69, 9.17) is 4.52 Å². The Bertz CT molecular complexity index is 958. The molecule has 1 saturated heterocycles. The van der Waals surface area contributed by atoms with Gasteiger partial charge in [0.15, 0.2) is 0 Å². The summed E-state index contributed by atoms with van der Waals surface area (Å²) in [5, 5.41) is 4.11. The highest BCUT2D eigenvalue weighted by Crippen LogP contribution is 2.34. The van der Waals surface area contributed by atoms with Crippen molar-refractivity contribution in [2.45, 2.75) is 32.4 Å². The van der Waals surface area contributed by atoms with Crippen molar-refractivity contribution in [3.8, 4) is 11.4 Å². The molecule has 0 aliphatic carbocycles. The Morgan fingerprint density at radius 3 is 2.63 bits per heavy atom. The number of carbonyl (C=O) groups excluding carboxylic acids is 1. The predicted molar refractivity (Wildman–Crippen MR) is 104 cm³/mol. The molecule has 5 nitrogen and oxygen atoms in total. The first-order chi connectivity index (χ1) is 13.1. The van der Waals surface area contributed by atoms with Gasteiger partial charge in [-0.3, -0.25) is 4.79 Å². The van der Waals surface area contributed by atoms with E-state index in [1.807, 2.05) is 60.4 Å². The van der Waals surface area contributed by atoms with Crippen LogP contribution in [-0.2, 0) is 11.3 Å². The zero-order chi connectivity index (χ0) is 18.8. The monoisotopic (exact) mass is 359 g/mol. The van der Waals surface area contributed by atoms with Crippen LogP contribution in [0.3, 0.4) is 0 Å². The van der Waals surface area contributed by atoms with Gasteiger partial charge in [-0.2, -0.15) is 4.98 Å². The molecule has 0 spiro atoms. The van der Waals surface area contributed by atoms with Gasteiger partial charge in [0.25, 0.3) is 0 Å². The van der Waals surface area contributed by atoms with Gasteiger partial charge in [-0.1, -0.05) is 71.9 Å². The van der Waals surface area contributed by atoms with Crippen molar-refractivity contribution >= 4 is 12.0 Å². The first-order valence-electron chi connectivity index (χ1n) is 9.05. The number of aromatic nitrogens is 2. The number of hydrogen-bond acceptors (Lipinski definition) is 4. The largest absolute Gasteiger partial charge is 0.337 e. The van der Waals surface area contributed by atoms with Crippen molar-refractivity contribution in [2.24, 2.45) is 0 Å². The van der Waals surface area contributed by atoms with Crippen LogP contribution in [0.15, 0.2) is 59.6 Å². The summed E-state index contributed by atoms with van der Waals surface area (Å²) >= 11 is 0. The maximum atomic E-state index is 12.4. The van der Waals surface area contributed by atoms with Crippen LogP contribution in [0, 0.1) is 6.92 Å². The van der Waals surface area contributed by atoms with Gasteiger partial charge in [0.05, 0.1) is 0 Å². The molecule has 1 aromatic heterocycles. The Labute approximate surface area is 158 Å². The lowest BCUT2D eigenvalue weighted by atomic mass is 10.1. The number of aryl methyl sites for hydroxylation is 1. The van der Waals surface area contributed by atoms with Crippen molar-refractivity contribution in [3.05, 3.63) is 77.7 Å². The number of likely N-dealkylation sites (tertiary alicyclic amines) is 1. The zero-order valence-corrected chi connectivity index (χ0v) is 15.3. The first-order valence-corrected chi connectivity index (χ1v) is 9.05. The highest BCUT2D eigenvalue weighted by molar-refractivity contribution is 5.78. The minimum absolute atomic E-state index is 0.114. The quantitative estimate of drug-likeness (QED) is 0.670. The Morgan fingerprint density at radius 1 is 1.19 bits per heavy atom. The van der Waals surface area contributed by atoms with Crippen LogP contribution in [0.1, 0.15) is 41.5 Å². The third-order valence-corrected chi connectivity index (χ3v) is 4.93. The van der Waals surface area contributed by atoms with E-state index in [-0.39, 0.29) is 11.9 Å². The predicted octanol–water partition coefficient (Wildman–Crippen LogP) is 4.55. The number of benzene rings is 2. The van der Waals surface area contributed by atoms with Gasteiger partial charge >= 0.3 is 0 Å². The van der Waals surface area contributed by atoms with Crippen LogP contribution >= 0.6 is 0 Å². The molecule has 27 heavy (non-hydrogen) atoms. The topological polar surface area (TPSA) is 59.2 Å². The van der Waals surface area contributed by atoms with Crippen LogP contribution in [0.2, 0.25) is 0 Å². The maximum absolute atomic E-state index is 12.4. The minimum Gasteiger partial charge on any atom is -0.337 e. The van der Waals surface area contributed by atoms with Crippen LogP contribution in [-0.4, -0.2) is 20.9 Å². The fourth-order valence-corrected chi connectivity index (χ4v) is 3.33. The molecule has 0 saturated carbocycles. The summed E-state index contributed by atoms with van der Waals surface area (Å²) in [6.45, 7) is 6.34. The van der Waals surface area contributed by atoms with Crippen molar-refractivity contribution in [1.82, 2.24) is 15.0 Å². The van der Waals surface area contributed by atoms with E-state index in [9.17, 15) is 4.79 Å². The molecule has 5 heteroatoms. The molecule has 2 aromatic carbocycles. The molecule has 0 radical (unpaired) electrons. The van der Waals surface area contributed by atoms with Crippen molar-refractivity contribution in [3.63, 3.8) is 0 Å². The second kappa shape index (κ2) is 7.19. The lowest BCUT2D eigenvalue weighted by Crippen LogP contribution is -2.27. The first kappa shape index (κ1) is 17.2. The fourth-order valence-electron chi connectivity index (χ4n) is 3.33. The zero-order valence-electron chi connectivity index (χ0n) is 15.3. The summed E-state index contributed by atoms with van der Waals surface area (Å²) in [5.74, 6) is 1.17. The molecule has 136 valence electrons. The van der Waals surface area contributed by atoms with E-state index in [1.165, 1.54) is 5.56 Å². The summed E-state index contributed by atoms with van der Waals surface area (Å²) in [4.78, 5) is 18.8. The molecule has 3 aromatic rings. The molecule has 0 bridgehead atoms. The average molecular weight is 359 g/mol. The molecule has 0 N–H and O–H groups in total. The van der Waals surface area contributed by atoms with Crippen LogP contribution in [0.5, 0.6) is 0 Å². The van der Waals surface area contributed by atoms with Crippen LogP contribution in [0.4, 0.5) is 0 Å². The second-order valence-electron chi connectivity index (χ2n) is 6.84. The van der Waals surface area contributed by atoms with E-state index in [0.717, 1.165) is 16.7 Å². The van der Waals surface area contributed by atoms with Gasteiger partial charge in [0, 0.05) is 18.5 Å². The number of rotatable bonds is 5. The van der Waals surface area contributed by atoms with Gasteiger partial charge in [-0.05, 0) is 24.5 Å². The number of carbonyl (C=O) groups is 1. The van der Waals surface area contributed by atoms with Crippen molar-refractivity contribution < 1.29 is 9.32 Å². The second-order valence-corrected chi connectivity index (χ2v) is 6.84. The summed E-state index contributed by atoms with van der Waals surface area (Å²) < 4.78 is 5.52.